The van der Waals surface area contributed by atoms with Crippen molar-refractivity contribution < 1.29 is 8.42 Å². The fourth-order valence-corrected chi connectivity index (χ4v) is 3.26. The van der Waals surface area contributed by atoms with Crippen molar-refractivity contribution in [2.24, 2.45) is 0 Å². The monoisotopic (exact) mass is 311 g/mol. The van der Waals surface area contributed by atoms with Crippen molar-refractivity contribution in [3.8, 4) is 0 Å². The van der Waals surface area contributed by atoms with Crippen molar-refractivity contribution in [2.75, 3.05) is 11.3 Å². The number of thiophene rings is 1. The van der Waals surface area contributed by atoms with Gasteiger partial charge in [0.05, 0.1) is 5.69 Å². The van der Waals surface area contributed by atoms with Crippen molar-refractivity contribution >= 4 is 27.0 Å². The van der Waals surface area contributed by atoms with E-state index in [0.29, 0.717) is 12.2 Å². The Morgan fingerprint density at radius 2 is 2.15 bits per heavy atom. The van der Waals surface area contributed by atoms with Gasteiger partial charge in [-0.25, -0.2) is 4.98 Å². The zero-order valence-electron chi connectivity index (χ0n) is 11.2. The van der Waals surface area contributed by atoms with E-state index >= 15 is 0 Å². The molecular formula is C13H17N3O2S2. The minimum absolute atomic E-state index is 0.0305. The summed E-state index contributed by atoms with van der Waals surface area (Å²) in [5.74, 6) is 0. The molecule has 5 nitrogen and oxygen atoms in total. The minimum atomic E-state index is -3.60. The van der Waals surface area contributed by atoms with E-state index in [1.807, 2.05) is 5.38 Å². The maximum atomic E-state index is 12.1. The van der Waals surface area contributed by atoms with Crippen LogP contribution in [0.25, 0.3) is 0 Å². The van der Waals surface area contributed by atoms with Gasteiger partial charge >= 0.3 is 0 Å². The molecule has 0 spiro atoms. The molecule has 2 N–H and O–H groups in total. The number of rotatable bonds is 7. The molecule has 0 atom stereocenters. The minimum Gasteiger partial charge on any atom is -0.313 e. The fraction of sp³-hybridized carbons (Fsp3) is 0.308. The van der Waals surface area contributed by atoms with Gasteiger partial charge in [0, 0.05) is 18.1 Å². The van der Waals surface area contributed by atoms with Gasteiger partial charge in [-0.3, -0.25) is 4.72 Å². The summed E-state index contributed by atoms with van der Waals surface area (Å²) in [7, 11) is -3.60. The highest BCUT2D eigenvalue weighted by atomic mass is 32.2. The van der Waals surface area contributed by atoms with E-state index in [2.05, 4.69) is 21.9 Å². The van der Waals surface area contributed by atoms with Gasteiger partial charge in [-0.2, -0.15) is 19.8 Å². The summed E-state index contributed by atoms with van der Waals surface area (Å²) in [6.07, 6.45) is 2.65. The molecule has 2 rings (SSSR count). The fourth-order valence-electron chi connectivity index (χ4n) is 1.61. The highest BCUT2D eigenvalue weighted by Crippen LogP contribution is 2.17. The van der Waals surface area contributed by atoms with Gasteiger partial charge in [-0.15, -0.1) is 0 Å². The van der Waals surface area contributed by atoms with Crippen molar-refractivity contribution in [1.82, 2.24) is 10.3 Å². The van der Waals surface area contributed by atoms with E-state index in [1.165, 1.54) is 17.4 Å². The zero-order valence-corrected chi connectivity index (χ0v) is 12.8. The smallest absolute Gasteiger partial charge is 0.279 e. The largest absolute Gasteiger partial charge is 0.313 e. The average Bonchev–Trinajstić information content (AvgIpc) is 2.92. The molecule has 0 bridgehead atoms. The first-order valence-corrected chi connectivity index (χ1v) is 8.75. The topological polar surface area (TPSA) is 71.1 Å². The SMILES string of the molecule is CCCNCc1ccc(S(=O)(=O)Nc2ccsc2)nc1. The van der Waals surface area contributed by atoms with Crippen molar-refractivity contribution in [3.05, 3.63) is 40.7 Å². The molecule has 0 unspecified atom stereocenters. The number of hydrogen-bond acceptors (Lipinski definition) is 5. The summed E-state index contributed by atoms with van der Waals surface area (Å²) < 4.78 is 26.7. The summed E-state index contributed by atoms with van der Waals surface area (Å²) >= 11 is 1.43. The lowest BCUT2D eigenvalue weighted by Crippen LogP contribution is -2.16. The highest BCUT2D eigenvalue weighted by Gasteiger charge is 2.15. The van der Waals surface area contributed by atoms with Crippen LogP contribution in [0, 0.1) is 0 Å². The van der Waals surface area contributed by atoms with Crippen LogP contribution in [-0.4, -0.2) is 19.9 Å². The van der Waals surface area contributed by atoms with Crippen LogP contribution in [-0.2, 0) is 16.6 Å². The Morgan fingerprint density at radius 3 is 2.75 bits per heavy atom. The van der Waals surface area contributed by atoms with Gasteiger partial charge in [0.15, 0.2) is 5.03 Å². The van der Waals surface area contributed by atoms with E-state index < -0.39 is 10.0 Å². The molecule has 20 heavy (non-hydrogen) atoms. The Balaban J connectivity index is 2.05. The molecule has 2 aromatic rings. The van der Waals surface area contributed by atoms with Crippen LogP contribution < -0.4 is 10.0 Å². The predicted molar refractivity (Wildman–Crippen MR) is 81.4 cm³/mol. The van der Waals surface area contributed by atoms with Gasteiger partial charge in [0.1, 0.15) is 0 Å². The molecule has 0 amide bonds. The molecule has 2 heterocycles. The zero-order chi connectivity index (χ0) is 14.4. The second-order valence-electron chi connectivity index (χ2n) is 4.30. The molecule has 2 aromatic heterocycles. The Morgan fingerprint density at radius 1 is 1.30 bits per heavy atom. The number of nitrogens with zero attached hydrogens (tertiary/aromatic N) is 1. The van der Waals surface area contributed by atoms with Crippen LogP contribution in [0.5, 0.6) is 0 Å². The third kappa shape index (κ3) is 4.03. The quantitative estimate of drug-likeness (QED) is 0.771. The third-order valence-electron chi connectivity index (χ3n) is 2.60. The van der Waals surface area contributed by atoms with E-state index in [-0.39, 0.29) is 5.03 Å². The third-order valence-corrected chi connectivity index (χ3v) is 4.58. The van der Waals surface area contributed by atoms with Gasteiger partial charge in [0.25, 0.3) is 10.0 Å². The number of hydrogen-bond donors (Lipinski definition) is 2. The standard InChI is InChI=1S/C13H17N3O2S2/c1-2-6-14-8-11-3-4-13(15-9-11)20(17,18)16-12-5-7-19-10-12/h3-5,7,9-10,14,16H,2,6,8H2,1H3. The van der Waals surface area contributed by atoms with Crippen molar-refractivity contribution in [1.29, 1.82) is 0 Å². The summed E-state index contributed by atoms with van der Waals surface area (Å²) in [6.45, 7) is 3.72. The lowest BCUT2D eigenvalue weighted by Gasteiger charge is -2.07. The van der Waals surface area contributed by atoms with Gasteiger partial charge in [-0.05, 0) is 36.0 Å². The summed E-state index contributed by atoms with van der Waals surface area (Å²) in [5.41, 5.74) is 1.53. The van der Waals surface area contributed by atoms with Crippen LogP contribution in [0.3, 0.4) is 0 Å². The lowest BCUT2D eigenvalue weighted by atomic mass is 10.3. The van der Waals surface area contributed by atoms with E-state index in [9.17, 15) is 8.42 Å². The van der Waals surface area contributed by atoms with Crippen LogP contribution in [0.15, 0.2) is 40.2 Å². The number of nitrogens with one attached hydrogen (secondary N) is 2. The molecule has 0 aromatic carbocycles. The predicted octanol–water partition coefficient (Wildman–Crippen LogP) is 2.44. The maximum absolute atomic E-state index is 12.1. The first-order valence-electron chi connectivity index (χ1n) is 6.32. The second kappa shape index (κ2) is 6.83. The number of anilines is 1. The lowest BCUT2D eigenvalue weighted by molar-refractivity contribution is 0.597. The molecular weight excluding hydrogens is 294 g/mol. The Kier molecular flexibility index (Phi) is 5.11. The molecule has 0 saturated heterocycles. The first kappa shape index (κ1) is 15.0. The number of sulfonamides is 1. The van der Waals surface area contributed by atoms with Crippen LogP contribution in [0.2, 0.25) is 0 Å². The van der Waals surface area contributed by atoms with Crippen molar-refractivity contribution in [3.63, 3.8) is 0 Å². The van der Waals surface area contributed by atoms with E-state index in [0.717, 1.165) is 18.5 Å². The summed E-state index contributed by atoms with van der Waals surface area (Å²) in [4.78, 5) is 4.02. The first-order chi connectivity index (χ1) is 9.62. The average molecular weight is 311 g/mol. The Hall–Kier alpha value is -1.44. The molecule has 7 heteroatoms. The van der Waals surface area contributed by atoms with Crippen molar-refractivity contribution in [2.45, 2.75) is 24.9 Å². The molecule has 0 aliphatic rings. The van der Waals surface area contributed by atoms with Gasteiger partial charge < -0.3 is 5.32 Å². The van der Waals surface area contributed by atoms with Crippen LogP contribution in [0.4, 0.5) is 5.69 Å². The molecule has 0 saturated carbocycles. The summed E-state index contributed by atoms with van der Waals surface area (Å²) in [5, 5.41) is 6.82. The molecule has 0 fully saturated rings. The second-order valence-corrected chi connectivity index (χ2v) is 6.71. The van der Waals surface area contributed by atoms with Gasteiger partial charge in [0.2, 0.25) is 0 Å². The maximum Gasteiger partial charge on any atom is 0.279 e. The van der Waals surface area contributed by atoms with Gasteiger partial charge in [-0.1, -0.05) is 13.0 Å². The van der Waals surface area contributed by atoms with E-state index in [4.69, 9.17) is 0 Å². The summed E-state index contributed by atoms with van der Waals surface area (Å²) in [6, 6.07) is 5.01. The van der Waals surface area contributed by atoms with Crippen LogP contribution >= 0.6 is 11.3 Å². The highest BCUT2D eigenvalue weighted by molar-refractivity contribution is 7.92. The number of pyridine rings is 1. The Labute approximate surface area is 123 Å². The number of aromatic nitrogens is 1. The molecule has 108 valence electrons. The normalized spacial score (nSPS) is 11.4. The van der Waals surface area contributed by atoms with Crippen LogP contribution in [0.1, 0.15) is 18.9 Å². The van der Waals surface area contributed by atoms with E-state index in [1.54, 1.807) is 23.7 Å². The Bertz CT molecular complexity index is 622. The molecule has 0 aliphatic carbocycles. The molecule has 0 aliphatic heterocycles. The molecule has 0 radical (unpaired) electrons.